The highest BCUT2D eigenvalue weighted by Gasteiger charge is 2.40. The van der Waals surface area contributed by atoms with Crippen LogP contribution in [0.5, 0.6) is 5.75 Å². The lowest BCUT2D eigenvalue weighted by Crippen LogP contribution is -2.39. The maximum absolute atomic E-state index is 14.0. The van der Waals surface area contributed by atoms with E-state index in [2.05, 4.69) is 21.7 Å². The first-order valence-corrected chi connectivity index (χ1v) is 16.2. The van der Waals surface area contributed by atoms with Crippen molar-refractivity contribution in [1.82, 2.24) is 10.3 Å². The lowest BCUT2D eigenvalue weighted by Gasteiger charge is -2.23. The number of amides is 2. The molecule has 2 saturated carbocycles. The smallest absolute Gasteiger partial charge is 0.357 e. The number of rotatable bonds is 7. The molecule has 2 fully saturated rings. The predicted molar refractivity (Wildman–Crippen MR) is 173 cm³/mol. The lowest BCUT2D eigenvalue weighted by molar-refractivity contribution is 0.0594. The lowest BCUT2D eigenvalue weighted by atomic mass is 9.93. The number of anilines is 1. The van der Waals surface area contributed by atoms with Gasteiger partial charge in [-0.15, -0.1) is 11.3 Å². The van der Waals surface area contributed by atoms with Crippen LogP contribution in [0.4, 0.5) is 5.69 Å². The van der Waals surface area contributed by atoms with Crippen molar-refractivity contribution >= 4 is 34.8 Å². The zero-order valence-electron chi connectivity index (χ0n) is 24.9. The average molecular weight is 623 g/mol. The fraction of sp³-hybridized carbons (Fsp3) is 0.314. The molecule has 2 aliphatic carbocycles. The molecule has 3 heterocycles. The van der Waals surface area contributed by atoms with Gasteiger partial charge in [-0.25, -0.2) is 9.78 Å². The normalized spacial score (nSPS) is 19.6. The van der Waals surface area contributed by atoms with E-state index in [1.807, 2.05) is 23.6 Å². The van der Waals surface area contributed by atoms with Crippen LogP contribution in [0.25, 0.3) is 21.6 Å². The molecule has 4 aromatic rings. The summed E-state index contributed by atoms with van der Waals surface area (Å²) in [6, 6.07) is 16.4. The summed E-state index contributed by atoms with van der Waals surface area (Å²) in [7, 11) is 1.27. The van der Waals surface area contributed by atoms with Gasteiger partial charge in [-0.3, -0.25) is 9.59 Å². The summed E-state index contributed by atoms with van der Waals surface area (Å²) >= 11 is 1.59. The molecule has 10 heteroatoms. The third kappa shape index (κ3) is 5.60. The van der Waals surface area contributed by atoms with Crippen LogP contribution in [-0.2, 0) is 17.7 Å². The summed E-state index contributed by atoms with van der Waals surface area (Å²) in [5.74, 6) is 0.367. The van der Waals surface area contributed by atoms with E-state index in [1.54, 1.807) is 41.7 Å². The van der Waals surface area contributed by atoms with Gasteiger partial charge in [-0.05, 0) is 90.1 Å². The number of fused-ring (bicyclic) bond motifs is 5. The van der Waals surface area contributed by atoms with Gasteiger partial charge in [-0.2, -0.15) is 0 Å². The van der Waals surface area contributed by atoms with Crippen LogP contribution in [0.3, 0.4) is 0 Å². The molecule has 3 unspecified atom stereocenters. The van der Waals surface area contributed by atoms with E-state index in [0.717, 1.165) is 47.3 Å². The largest absolute Gasteiger partial charge is 0.493 e. The summed E-state index contributed by atoms with van der Waals surface area (Å²) in [6.07, 6.45) is 5.22. The van der Waals surface area contributed by atoms with Crippen molar-refractivity contribution in [3.8, 4) is 27.3 Å². The molecule has 7 rings (SSSR count). The number of nitrogens with one attached hydrogen (secondary N) is 2. The van der Waals surface area contributed by atoms with Crippen molar-refractivity contribution in [3.05, 3.63) is 88.1 Å². The number of esters is 1. The van der Waals surface area contributed by atoms with Crippen molar-refractivity contribution in [3.63, 3.8) is 0 Å². The van der Waals surface area contributed by atoms with Crippen molar-refractivity contribution in [2.75, 3.05) is 19.0 Å². The van der Waals surface area contributed by atoms with Crippen LogP contribution in [0.1, 0.15) is 68.1 Å². The Morgan fingerprint density at radius 1 is 1.00 bits per heavy atom. The molecule has 1 aliphatic heterocycles. The summed E-state index contributed by atoms with van der Waals surface area (Å²) in [6.45, 7) is 0.866. The minimum Gasteiger partial charge on any atom is -0.493 e. The highest BCUT2D eigenvalue weighted by molar-refractivity contribution is 7.13. The molecule has 2 bridgehead atoms. The van der Waals surface area contributed by atoms with Crippen molar-refractivity contribution < 1.29 is 23.9 Å². The van der Waals surface area contributed by atoms with Crippen molar-refractivity contribution in [1.29, 1.82) is 0 Å². The Morgan fingerprint density at radius 2 is 1.84 bits per heavy atom. The monoisotopic (exact) mass is 622 g/mol. The SMILES string of the molecule is COC(=O)c1nc(C(=O)NC2CC3CCC2C3)ccc1-c1cc2c(cc1C(=O)Nc1ccc(CN)cc1)-c1sccc1CCO2. The second-order valence-electron chi connectivity index (χ2n) is 12.0. The predicted octanol–water partition coefficient (Wildman–Crippen LogP) is 5.83. The molecule has 45 heavy (non-hydrogen) atoms. The van der Waals surface area contributed by atoms with E-state index in [1.165, 1.54) is 13.5 Å². The number of hydrogen-bond acceptors (Lipinski definition) is 8. The van der Waals surface area contributed by atoms with Gasteiger partial charge in [0.1, 0.15) is 11.4 Å². The first-order chi connectivity index (χ1) is 21.9. The van der Waals surface area contributed by atoms with E-state index >= 15 is 0 Å². The molecule has 0 spiro atoms. The van der Waals surface area contributed by atoms with Crippen LogP contribution in [0.2, 0.25) is 0 Å². The van der Waals surface area contributed by atoms with Gasteiger partial charge in [0.15, 0.2) is 5.69 Å². The maximum atomic E-state index is 14.0. The molecule has 4 N–H and O–H groups in total. The molecule has 2 amide bonds. The molecule has 2 aromatic heterocycles. The quantitative estimate of drug-likeness (QED) is 0.221. The molecule has 0 saturated heterocycles. The summed E-state index contributed by atoms with van der Waals surface area (Å²) in [5.41, 5.74) is 10.5. The first-order valence-electron chi connectivity index (χ1n) is 15.3. The Bertz CT molecular complexity index is 1800. The Kier molecular flexibility index (Phi) is 7.85. The summed E-state index contributed by atoms with van der Waals surface area (Å²) in [4.78, 5) is 46.0. The third-order valence-corrected chi connectivity index (χ3v) is 10.3. The van der Waals surface area contributed by atoms with E-state index in [-0.39, 0.29) is 29.2 Å². The summed E-state index contributed by atoms with van der Waals surface area (Å²) in [5, 5.41) is 8.17. The number of methoxy groups -OCH3 is 1. The zero-order valence-corrected chi connectivity index (χ0v) is 25.7. The van der Waals surface area contributed by atoms with Gasteiger partial charge in [0.05, 0.1) is 13.7 Å². The van der Waals surface area contributed by atoms with Crippen LogP contribution in [-0.4, -0.2) is 42.5 Å². The van der Waals surface area contributed by atoms with Crippen LogP contribution in [0.15, 0.2) is 60.0 Å². The molecular weight excluding hydrogens is 588 g/mol. The van der Waals surface area contributed by atoms with E-state index in [0.29, 0.717) is 53.1 Å². The van der Waals surface area contributed by atoms with E-state index < -0.39 is 5.97 Å². The van der Waals surface area contributed by atoms with Gasteiger partial charge >= 0.3 is 5.97 Å². The maximum Gasteiger partial charge on any atom is 0.357 e. The van der Waals surface area contributed by atoms with E-state index in [9.17, 15) is 14.4 Å². The Labute approximate surface area is 265 Å². The minimum absolute atomic E-state index is 0.0511. The van der Waals surface area contributed by atoms with Gasteiger partial charge in [0.2, 0.25) is 0 Å². The Balaban J connectivity index is 1.31. The average Bonchev–Trinajstić information content (AvgIpc) is 3.80. The van der Waals surface area contributed by atoms with Crippen LogP contribution < -0.4 is 21.1 Å². The number of carbonyl (C=O) groups excluding carboxylic acids is 3. The van der Waals surface area contributed by atoms with Crippen LogP contribution in [0, 0.1) is 11.8 Å². The fourth-order valence-electron chi connectivity index (χ4n) is 6.97. The van der Waals surface area contributed by atoms with Crippen molar-refractivity contribution in [2.24, 2.45) is 17.6 Å². The molecule has 3 atom stereocenters. The first kappa shape index (κ1) is 29.2. The fourth-order valence-corrected chi connectivity index (χ4v) is 7.95. The number of aromatic nitrogens is 1. The highest BCUT2D eigenvalue weighted by Crippen LogP contribution is 2.45. The third-order valence-electron chi connectivity index (χ3n) is 9.28. The summed E-state index contributed by atoms with van der Waals surface area (Å²) < 4.78 is 11.3. The van der Waals surface area contributed by atoms with Crippen molar-refractivity contribution in [2.45, 2.75) is 44.7 Å². The Morgan fingerprint density at radius 3 is 2.58 bits per heavy atom. The van der Waals surface area contributed by atoms with Gasteiger partial charge in [0, 0.05) is 51.8 Å². The number of pyridine rings is 1. The number of ether oxygens (including phenoxy) is 2. The second kappa shape index (κ2) is 12.1. The molecule has 3 aliphatic rings. The molecular formula is C35H34N4O5S. The molecule has 230 valence electrons. The topological polar surface area (TPSA) is 133 Å². The van der Waals surface area contributed by atoms with Gasteiger partial charge < -0.3 is 25.8 Å². The minimum atomic E-state index is -0.709. The Hall–Kier alpha value is -4.54. The van der Waals surface area contributed by atoms with Crippen LogP contribution >= 0.6 is 11.3 Å². The standard InChI is InChI=1S/C35H34N4O5S/c1-43-35(42)31-24(8-9-28(38-31)34(41)39-29-15-20-2-5-22(29)14-20)25-17-30-27(32-21(10-12-44-30)11-13-45-32)16-26(25)33(40)37-23-6-3-19(18-36)4-7-23/h3-4,6-9,11,13,16-17,20,22,29H,2,5,10,12,14-15,18,36H2,1H3,(H,37,40)(H,39,41). The number of nitrogens with two attached hydrogens (primary N) is 1. The second-order valence-corrected chi connectivity index (χ2v) is 12.9. The number of benzene rings is 2. The highest BCUT2D eigenvalue weighted by atomic mass is 32.1. The van der Waals surface area contributed by atoms with Gasteiger partial charge in [-0.1, -0.05) is 18.6 Å². The number of nitrogens with zero attached hydrogens (tertiary/aromatic N) is 1. The number of thiophene rings is 1. The molecule has 0 radical (unpaired) electrons. The molecule has 2 aromatic carbocycles. The number of hydrogen-bond donors (Lipinski definition) is 3. The zero-order chi connectivity index (χ0) is 31.1. The number of carbonyl (C=O) groups is 3. The van der Waals surface area contributed by atoms with Gasteiger partial charge in [0.25, 0.3) is 11.8 Å². The van der Waals surface area contributed by atoms with E-state index in [4.69, 9.17) is 15.2 Å². The molecule has 9 nitrogen and oxygen atoms in total.